The van der Waals surface area contributed by atoms with E-state index in [9.17, 15) is 0 Å². The largest absolute Gasteiger partial charge is 0.489 e. The third-order valence-corrected chi connectivity index (χ3v) is 2.69. The lowest BCUT2D eigenvalue weighted by Crippen LogP contribution is -2.13. The van der Waals surface area contributed by atoms with Crippen molar-refractivity contribution in [1.29, 1.82) is 0 Å². The fourth-order valence-electron chi connectivity index (χ4n) is 1.73. The number of benzene rings is 1. The number of nitrogens with one attached hydrogen (secondary N) is 1. The fourth-order valence-corrected chi connectivity index (χ4v) is 1.73. The molecule has 0 saturated heterocycles. The maximum absolute atomic E-state index is 5.74. The first-order valence-electron chi connectivity index (χ1n) is 6.22. The Labute approximate surface area is 108 Å². The Morgan fingerprint density at radius 3 is 2.83 bits per heavy atom. The molecule has 0 amide bonds. The minimum Gasteiger partial charge on any atom is -0.489 e. The SMILES string of the molecule is CC=CCOc1cc2c(cc1CNCC)OCO2. The molecular weight excluding hydrogens is 230 g/mol. The Morgan fingerprint density at radius 1 is 1.33 bits per heavy atom. The summed E-state index contributed by atoms with van der Waals surface area (Å²) < 4.78 is 16.5. The topological polar surface area (TPSA) is 39.7 Å². The molecule has 1 heterocycles. The number of ether oxygens (including phenoxy) is 3. The van der Waals surface area contributed by atoms with Gasteiger partial charge in [-0.2, -0.15) is 0 Å². The first kappa shape index (κ1) is 12.8. The summed E-state index contributed by atoms with van der Waals surface area (Å²) in [7, 11) is 0. The quantitative estimate of drug-likeness (QED) is 0.786. The van der Waals surface area contributed by atoms with Crippen LogP contribution in [-0.4, -0.2) is 19.9 Å². The summed E-state index contributed by atoms with van der Waals surface area (Å²) in [6, 6.07) is 3.88. The fraction of sp³-hybridized carbons (Fsp3) is 0.429. The van der Waals surface area contributed by atoms with E-state index >= 15 is 0 Å². The van der Waals surface area contributed by atoms with Crippen LogP contribution in [0.1, 0.15) is 19.4 Å². The van der Waals surface area contributed by atoms with Gasteiger partial charge in [-0.15, -0.1) is 0 Å². The average Bonchev–Trinajstić information content (AvgIpc) is 2.83. The maximum Gasteiger partial charge on any atom is 0.231 e. The zero-order valence-corrected chi connectivity index (χ0v) is 10.9. The van der Waals surface area contributed by atoms with E-state index in [1.165, 1.54) is 0 Å². The molecule has 0 radical (unpaired) electrons. The van der Waals surface area contributed by atoms with Crippen LogP contribution >= 0.6 is 0 Å². The van der Waals surface area contributed by atoms with Crippen molar-refractivity contribution < 1.29 is 14.2 Å². The molecule has 0 aromatic heterocycles. The van der Waals surface area contributed by atoms with Gasteiger partial charge in [0.25, 0.3) is 0 Å². The Balaban J connectivity index is 2.17. The van der Waals surface area contributed by atoms with Crippen molar-refractivity contribution >= 4 is 0 Å². The van der Waals surface area contributed by atoms with Crippen LogP contribution < -0.4 is 19.5 Å². The zero-order chi connectivity index (χ0) is 12.8. The summed E-state index contributed by atoms with van der Waals surface area (Å²) in [5.41, 5.74) is 1.09. The highest BCUT2D eigenvalue weighted by Crippen LogP contribution is 2.38. The van der Waals surface area contributed by atoms with Crippen LogP contribution in [0.3, 0.4) is 0 Å². The molecule has 98 valence electrons. The van der Waals surface area contributed by atoms with Crippen LogP contribution in [0, 0.1) is 0 Å². The molecule has 0 bridgehead atoms. The third-order valence-electron chi connectivity index (χ3n) is 2.69. The van der Waals surface area contributed by atoms with Crippen LogP contribution in [0.15, 0.2) is 24.3 Å². The predicted octanol–water partition coefficient (Wildman–Crippen LogP) is 2.48. The molecule has 0 fully saturated rings. The summed E-state index contributed by atoms with van der Waals surface area (Å²) in [6.45, 7) is 6.58. The lowest BCUT2D eigenvalue weighted by atomic mass is 10.1. The highest BCUT2D eigenvalue weighted by Gasteiger charge is 2.17. The molecule has 4 nitrogen and oxygen atoms in total. The van der Waals surface area contributed by atoms with E-state index in [2.05, 4.69) is 12.2 Å². The molecule has 1 aromatic carbocycles. The van der Waals surface area contributed by atoms with Crippen molar-refractivity contribution in [2.45, 2.75) is 20.4 Å². The third kappa shape index (κ3) is 2.96. The van der Waals surface area contributed by atoms with Gasteiger partial charge < -0.3 is 19.5 Å². The molecule has 18 heavy (non-hydrogen) atoms. The standard InChI is InChI=1S/C14H19NO3/c1-3-5-6-16-12-8-14-13(17-10-18-14)7-11(12)9-15-4-2/h3,5,7-8,15H,4,6,9-10H2,1-2H3. The van der Waals surface area contributed by atoms with E-state index in [4.69, 9.17) is 14.2 Å². The lowest BCUT2D eigenvalue weighted by Gasteiger charge is -2.11. The highest BCUT2D eigenvalue weighted by atomic mass is 16.7. The molecule has 1 aliphatic heterocycles. The van der Waals surface area contributed by atoms with E-state index in [-0.39, 0.29) is 6.79 Å². The van der Waals surface area contributed by atoms with Gasteiger partial charge in [0.15, 0.2) is 11.5 Å². The van der Waals surface area contributed by atoms with E-state index in [1.807, 2.05) is 31.2 Å². The van der Waals surface area contributed by atoms with Crippen molar-refractivity contribution in [1.82, 2.24) is 5.32 Å². The Hall–Kier alpha value is -1.68. The molecule has 1 aliphatic rings. The summed E-state index contributed by atoms with van der Waals surface area (Å²) in [5.74, 6) is 2.39. The van der Waals surface area contributed by atoms with Gasteiger partial charge in [0.1, 0.15) is 12.4 Å². The van der Waals surface area contributed by atoms with Gasteiger partial charge in [-0.3, -0.25) is 0 Å². The minimum atomic E-state index is 0.286. The molecule has 0 unspecified atom stereocenters. The minimum absolute atomic E-state index is 0.286. The smallest absolute Gasteiger partial charge is 0.231 e. The second kappa shape index (κ2) is 6.31. The molecule has 0 saturated carbocycles. The first-order valence-corrected chi connectivity index (χ1v) is 6.22. The van der Waals surface area contributed by atoms with Crippen molar-refractivity contribution in [3.63, 3.8) is 0 Å². The molecule has 1 N–H and O–H groups in total. The van der Waals surface area contributed by atoms with Crippen LogP contribution in [0.5, 0.6) is 17.2 Å². The van der Waals surface area contributed by atoms with Gasteiger partial charge in [0.2, 0.25) is 6.79 Å². The van der Waals surface area contributed by atoms with Crippen molar-refractivity contribution in [2.24, 2.45) is 0 Å². The van der Waals surface area contributed by atoms with Crippen LogP contribution in [-0.2, 0) is 6.54 Å². The second-order valence-electron chi connectivity index (χ2n) is 3.97. The molecule has 0 spiro atoms. The monoisotopic (exact) mass is 249 g/mol. The highest BCUT2D eigenvalue weighted by molar-refractivity contribution is 5.51. The van der Waals surface area contributed by atoms with E-state index in [0.29, 0.717) is 6.61 Å². The van der Waals surface area contributed by atoms with Crippen molar-refractivity contribution in [2.75, 3.05) is 19.9 Å². The van der Waals surface area contributed by atoms with Gasteiger partial charge in [0.05, 0.1) is 0 Å². The Morgan fingerprint density at radius 2 is 2.11 bits per heavy atom. The second-order valence-corrected chi connectivity index (χ2v) is 3.97. The number of allylic oxidation sites excluding steroid dienone is 1. The van der Waals surface area contributed by atoms with E-state index in [1.54, 1.807) is 0 Å². The first-order chi connectivity index (χ1) is 8.85. The number of fused-ring (bicyclic) bond motifs is 1. The predicted molar refractivity (Wildman–Crippen MR) is 70.3 cm³/mol. The molecule has 1 aromatic rings. The molecular formula is C14H19NO3. The summed E-state index contributed by atoms with van der Waals surface area (Å²) in [5, 5.41) is 3.29. The van der Waals surface area contributed by atoms with Crippen molar-refractivity contribution in [3.05, 3.63) is 29.8 Å². The van der Waals surface area contributed by atoms with Gasteiger partial charge in [0, 0.05) is 18.2 Å². The number of hydrogen-bond donors (Lipinski definition) is 1. The normalized spacial score (nSPS) is 13.2. The lowest BCUT2D eigenvalue weighted by molar-refractivity contribution is 0.174. The molecule has 0 atom stereocenters. The molecule has 2 rings (SSSR count). The van der Waals surface area contributed by atoms with Crippen LogP contribution in [0.25, 0.3) is 0 Å². The average molecular weight is 249 g/mol. The molecule has 0 aliphatic carbocycles. The van der Waals surface area contributed by atoms with Crippen LogP contribution in [0.4, 0.5) is 0 Å². The molecule has 4 heteroatoms. The van der Waals surface area contributed by atoms with E-state index in [0.717, 1.165) is 35.9 Å². The van der Waals surface area contributed by atoms with Crippen molar-refractivity contribution in [3.8, 4) is 17.2 Å². The van der Waals surface area contributed by atoms with Gasteiger partial charge >= 0.3 is 0 Å². The van der Waals surface area contributed by atoms with Gasteiger partial charge in [-0.25, -0.2) is 0 Å². The number of hydrogen-bond acceptors (Lipinski definition) is 4. The van der Waals surface area contributed by atoms with Gasteiger partial charge in [-0.05, 0) is 19.5 Å². The van der Waals surface area contributed by atoms with E-state index < -0.39 is 0 Å². The summed E-state index contributed by atoms with van der Waals surface area (Å²) in [6.07, 6.45) is 3.94. The zero-order valence-electron chi connectivity index (χ0n) is 10.9. The summed E-state index contributed by atoms with van der Waals surface area (Å²) >= 11 is 0. The number of rotatable bonds is 6. The van der Waals surface area contributed by atoms with Gasteiger partial charge in [-0.1, -0.05) is 19.1 Å². The van der Waals surface area contributed by atoms with Crippen LogP contribution in [0.2, 0.25) is 0 Å². The summed E-state index contributed by atoms with van der Waals surface area (Å²) in [4.78, 5) is 0. The maximum atomic E-state index is 5.74. The Kier molecular flexibility index (Phi) is 4.47. The Bertz CT molecular complexity index is 429.